The van der Waals surface area contributed by atoms with Crippen LogP contribution < -0.4 is 5.73 Å². The summed E-state index contributed by atoms with van der Waals surface area (Å²) in [6.45, 7) is 2.95. The maximum absolute atomic E-state index is 5.76. The highest BCUT2D eigenvalue weighted by molar-refractivity contribution is 9.11. The van der Waals surface area contributed by atoms with Crippen molar-refractivity contribution in [3.8, 4) is 0 Å². The molecule has 0 spiro atoms. The Morgan fingerprint density at radius 1 is 1.62 bits per heavy atom. The summed E-state index contributed by atoms with van der Waals surface area (Å²) in [6, 6.07) is 0. The lowest BCUT2D eigenvalue weighted by molar-refractivity contribution is 0.650. The fourth-order valence-corrected chi connectivity index (χ4v) is 4.32. The fraction of sp³-hybridized carbons (Fsp3) is 0.600. The van der Waals surface area contributed by atoms with Crippen LogP contribution in [0.5, 0.6) is 0 Å². The molecule has 3 heteroatoms. The van der Waals surface area contributed by atoms with Gasteiger partial charge in [-0.1, -0.05) is 6.92 Å². The third-order valence-corrected chi connectivity index (χ3v) is 4.96. The largest absolute Gasteiger partial charge is 0.326 e. The van der Waals surface area contributed by atoms with Gasteiger partial charge in [-0.15, -0.1) is 11.3 Å². The molecule has 1 aromatic rings. The van der Waals surface area contributed by atoms with Crippen molar-refractivity contribution in [2.24, 2.45) is 5.73 Å². The Morgan fingerprint density at radius 2 is 2.38 bits per heavy atom. The molecule has 1 heterocycles. The van der Waals surface area contributed by atoms with Crippen LogP contribution in [0.1, 0.15) is 41.7 Å². The van der Waals surface area contributed by atoms with Gasteiger partial charge >= 0.3 is 0 Å². The average Bonchev–Trinajstić information content (AvgIpc) is 2.62. The average molecular weight is 260 g/mol. The minimum Gasteiger partial charge on any atom is -0.326 e. The molecule has 2 N–H and O–H groups in total. The quantitative estimate of drug-likeness (QED) is 0.866. The molecule has 1 nitrogen and oxygen atoms in total. The van der Waals surface area contributed by atoms with Gasteiger partial charge in [0.1, 0.15) is 0 Å². The molecule has 1 atom stereocenters. The van der Waals surface area contributed by atoms with Gasteiger partial charge in [0.05, 0.1) is 3.79 Å². The van der Waals surface area contributed by atoms with E-state index in [1.54, 1.807) is 10.4 Å². The van der Waals surface area contributed by atoms with Crippen LogP contribution in [0.4, 0.5) is 0 Å². The number of halogens is 1. The van der Waals surface area contributed by atoms with Crippen molar-refractivity contribution in [3.63, 3.8) is 0 Å². The molecule has 13 heavy (non-hydrogen) atoms. The molecule has 1 aliphatic rings. The molecule has 72 valence electrons. The van der Waals surface area contributed by atoms with E-state index in [0.717, 1.165) is 5.92 Å². The Bertz CT molecular complexity index is 319. The molecular weight excluding hydrogens is 246 g/mol. The van der Waals surface area contributed by atoms with Gasteiger partial charge in [-0.2, -0.15) is 0 Å². The maximum Gasteiger partial charge on any atom is 0.0749 e. The van der Waals surface area contributed by atoms with Crippen LogP contribution in [-0.2, 0) is 13.0 Å². The molecule has 1 unspecified atom stereocenters. The topological polar surface area (TPSA) is 26.0 Å². The summed E-state index contributed by atoms with van der Waals surface area (Å²) in [6.07, 6.45) is 3.85. The van der Waals surface area contributed by atoms with Gasteiger partial charge in [-0.05, 0) is 52.2 Å². The predicted octanol–water partition coefficient (Wildman–Crippen LogP) is 3.41. The van der Waals surface area contributed by atoms with Crippen LogP contribution in [0.2, 0.25) is 0 Å². The summed E-state index contributed by atoms with van der Waals surface area (Å²) in [7, 11) is 0. The number of hydrogen-bond acceptors (Lipinski definition) is 2. The fourth-order valence-electron chi connectivity index (χ4n) is 2.21. The molecule has 2 rings (SSSR count). The maximum atomic E-state index is 5.76. The zero-order valence-electron chi connectivity index (χ0n) is 7.77. The number of rotatable bonds is 2. The highest BCUT2D eigenvalue weighted by atomic mass is 79.9. The Hall–Kier alpha value is 0.140. The van der Waals surface area contributed by atoms with E-state index in [9.17, 15) is 0 Å². The van der Waals surface area contributed by atoms with Gasteiger partial charge in [0.15, 0.2) is 0 Å². The minimum atomic E-state index is 0.683. The number of nitrogens with two attached hydrogens (primary N) is 1. The first-order valence-electron chi connectivity index (χ1n) is 4.77. The summed E-state index contributed by atoms with van der Waals surface area (Å²) in [5, 5.41) is 0. The number of hydrogen-bond donors (Lipinski definition) is 1. The normalized spacial score (nSPS) is 20.7. The first-order chi connectivity index (χ1) is 6.27. The second-order valence-electron chi connectivity index (χ2n) is 3.54. The molecule has 0 saturated carbocycles. The van der Waals surface area contributed by atoms with E-state index in [0.29, 0.717) is 6.54 Å². The molecular formula is C10H14BrNS. The zero-order chi connectivity index (χ0) is 9.42. The van der Waals surface area contributed by atoms with Crippen LogP contribution in [0.15, 0.2) is 3.79 Å². The van der Waals surface area contributed by atoms with Gasteiger partial charge in [-0.25, -0.2) is 0 Å². The van der Waals surface area contributed by atoms with Crippen molar-refractivity contribution in [1.82, 2.24) is 0 Å². The van der Waals surface area contributed by atoms with Crippen molar-refractivity contribution >= 4 is 27.3 Å². The van der Waals surface area contributed by atoms with Crippen molar-refractivity contribution in [1.29, 1.82) is 0 Å². The van der Waals surface area contributed by atoms with Crippen LogP contribution in [0.25, 0.3) is 0 Å². The SMILES string of the molecule is CCC1CCc2sc(Br)c(CN)c21. The first kappa shape index (κ1) is 9.69. The van der Waals surface area contributed by atoms with Gasteiger partial charge in [-0.3, -0.25) is 0 Å². The Morgan fingerprint density at radius 3 is 3.00 bits per heavy atom. The number of fused-ring (bicyclic) bond motifs is 1. The summed E-state index contributed by atoms with van der Waals surface area (Å²) in [5.41, 5.74) is 8.70. The monoisotopic (exact) mass is 259 g/mol. The summed E-state index contributed by atoms with van der Waals surface area (Å²) < 4.78 is 1.26. The first-order valence-corrected chi connectivity index (χ1v) is 6.38. The van der Waals surface area contributed by atoms with E-state index in [-0.39, 0.29) is 0 Å². The van der Waals surface area contributed by atoms with E-state index in [2.05, 4.69) is 22.9 Å². The lowest BCUT2D eigenvalue weighted by Crippen LogP contribution is -2.01. The van der Waals surface area contributed by atoms with Gasteiger partial charge < -0.3 is 5.73 Å². The summed E-state index contributed by atoms with van der Waals surface area (Å²) >= 11 is 5.48. The summed E-state index contributed by atoms with van der Waals surface area (Å²) in [5.74, 6) is 0.774. The minimum absolute atomic E-state index is 0.683. The van der Waals surface area contributed by atoms with Crippen LogP contribution in [0.3, 0.4) is 0 Å². The highest BCUT2D eigenvalue weighted by Gasteiger charge is 2.27. The predicted molar refractivity (Wildman–Crippen MR) is 61.3 cm³/mol. The Labute approximate surface area is 91.5 Å². The number of thiophene rings is 1. The van der Waals surface area contributed by atoms with E-state index in [1.165, 1.54) is 28.6 Å². The van der Waals surface area contributed by atoms with Crippen LogP contribution >= 0.6 is 27.3 Å². The lowest BCUT2D eigenvalue weighted by atomic mass is 9.97. The Balaban J connectivity index is 2.47. The van der Waals surface area contributed by atoms with Gasteiger partial charge in [0, 0.05) is 11.4 Å². The molecule has 0 bridgehead atoms. The summed E-state index contributed by atoms with van der Waals surface area (Å²) in [4.78, 5) is 1.57. The third kappa shape index (κ3) is 1.47. The highest BCUT2D eigenvalue weighted by Crippen LogP contribution is 2.45. The van der Waals surface area contributed by atoms with E-state index < -0.39 is 0 Å². The zero-order valence-corrected chi connectivity index (χ0v) is 10.2. The smallest absolute Gasteiger partial charge is 0.0749 e. The third-order valence-electron chi connectivity index (χ3n) is 2.90. The number of aryl methyl sites for hydroxylation is 1. The van der Waals surface area contributed by atoms with Crippen LogP contribution in [-0.4, -0.2) is 0 Å². The van der Waals surface area contributed by atoms with E-state index in [4.69, 9.17) is 5.73 Å². The van der Waals surface area contributed by atoms with E-state index >= 15 is 0 Å². The van der Waals surface area contributed by atoms with Crippen molar-refractivity contribution < 1.29 is 0 Å². The second kappa shape index (κ2) is 3.71. The molecule has 1 aromatic heterocycles. The van der Waals surface area contributed by atoms with Crippen molar-refractivity contribution in [2.75, 3.05) is 0 Å². The molecule has 0 aromatic carbocycles. The molecule has 0 aliphatic heterocycles. The van der Waals surface area contributed by atoms with Crippen molar-refractivity contribution in [3.05, 3.63) is 19.8 Å². The molecule has 0 fully saturated rings. The molecule has 0 saturated heterocycles. The molecule has 0 amide bonds. The van der Waals surface area contributed by atoms with Crippen molar-refractivity contribution in [2.45, 2.75) is 38.6 Å². The lowest BCUT2D eigenvalue weighted by Gasteiger charge is -2.08. The second-order valence-corrected chi connectivity index (χ2v) is 5.96. The molecule has 0 radical (unpaired) electrons. The molecule has 1 aliphatic carbocycles. The Kier molecular flexibility index (Phi) is 2.77. The van der Waals surface area contributed by atoms with Gasteiger partial charge in [0.25, 0.3) is 0 Å². The van der Waals surface area contributed by atoms with E-state index in [1.807, 2.05) is 11.3 Å². The van der Waals surface area contributed by atoms with Gasteiger partial charge in [0.2, 0.25) is 0 Å². The standard InChI is InChI=1S/C10H14BrNS/c1-2-6-3-4-8-9(6)7(5-12)10(11)13-8/h6H,2-5,12H2,1H3. The van der Waals surface area contributed by atoms with Crippen LogP contribution in [0, 0.1) is 0 Å².